The average Bonchev–Trinajstić information content (AvgIpc) is 2.72. The number of carbonyl (C=O) groups excluding carboxylic acids is 1. The summed E-state index contributed by atoms with van der Waals surface area (Å²) < 4.78 is 28.8. The van der Waals surface area contributed by atoms with E-state index in [2.05, 4.69) is 14.7 Å². The average molecular weight is 396 g/mol. The highest BCUT2D eigenvalue weighted by Crippen LogP contribution is 2.30. The first-order chi connectivity index (χ1) is 14.0. The van der Waals surface area contributed by atoms with Crippen molar-refractivity contribution in [3.63, 3.8) is 0 Å². The molecule has 1 aliphatic heterocycles. The van der Waals surface area contributed by atoms with Gasteiger partial charge in [0.2, 0.25) is 0 Å². The summed E-state index contributed by atoms with van der Waals surface area (Å²) in [4.78, 5) is 25.7. The van der Waals surface area contributed by atoms with Gasteiger partial charge in [-0.25, -0.2) is 9.97 Å². The Kier molecular flexibility index (Phi) is 5.07. The highest BCUT2D eigenvalue weighted by atomic mass is 19.3. The van der Waals surface area contributed by atoms with E-state index in [-0.39, 0.29) is 11.7 Å². The molecule has 0 bridgehead atoms. The van der Waals surface area contributed by atoms with E-state index in [0.717, 1.165) is 11.0 Å². The fourth-order valence-electron chi connectivity index (χ4n) is 3.11. The number of likely N-dealkylation sites (N-methyl/N-ethyl adjacent to an activating group) is 1. The summed E-state index contributed by atoms with van der Waals surface area (Å²) in [6.45, 7) is -1.74. The van der Waals surface area contributed by atoms with Crippen molar-refractivity contribution in [1.29, 1.82) is 0 Å². The van der Waals surface area contributed by atoms with E-state index in [1.165, 1.54) is 18.2 Å². The number of amides is 1. The Balaban J connectivity index is 1.57. The Labute approximate surface area is 166 Å². The molecule has 1 aliphatic rings. The van der Waals surface area contributed by atoms with Gasteiger partial charge in [-0.1, -0.05) is 24.3 Å². The quantitative estimate of drug-likeness (QED) is 0.629. The number of alkyl halides is 2. The minimum Gasteiger partial charge on any atom is -0.435 e. The number of aromatic nitrogens is 2. The molecule has 148 valence electrons. The zero-order valence-electron chi connectivity index (χ0n) is 15.6. The molecule has 4 rings (SSSR count). The van der Waals surface area contributed by atoms with Gasteiger partial charge in [-0.05, 0) is 35.9 Å². The Hall–Kier alpha value is -3.55. The molecular formula is C21H18F2N4O2. The first-order valence-electron chi connectivity index (χ1n) is 9.03. The lowest BCUT2D eigenvalue weighted by atomic mass is 10.2. The summed E-state index contributed by atoms with van der Waals surface area (Å²) >= 11 is 0. The van der Waals surface area contributed by atoms with Crippen molar-refractivity contribution in [1.82, 2.24) is 9.97 Å². The molecule has 0 N–H and O–H groups in total. The van der Waals surface area contributed by atoms with Crippen LogP contribution in [-0.4, -0.2) is 42.6 Å². The molecule has 6 nitrogen and oxygen atoms in total. The van der Waals surface area contributed by atoms with Gasteiger partial charge >= 0.3 is 6.61 Å². The summed E-state index contributed by atoms with van der Waals surface area (Å²) in [5.41, 5.74) is 2.19. The number of hydrogen-bond donors (Lipinski definition) is 0. The SMILES string of the molecule is CN1CCN(C(=O)C=Cc2ccc(OC(F)F)cc2)c2nc3ccccc3nc21. The van der Waals surface area contributed by atoms with Crippen molar-refractivity contribution >= 4 is 34.7 Å². The molecule has 1 aromatic heterocycles. The van der Waals surface area contributed by atoms with Crippen molar-refractivity contribution in [2.24, 2.45) is 0 Å². The highest BCUT2D eigenvalue weighted by molar-refractivity contribution is 6.05. The van der Waals surface area contributed by atoms with Crippen LogP contribution in [0.5, 0.6) is 5.75 Å². The standard InChI is InChI=1S/C21H18F2N4O2/c1-26-12-13-27(20-19(26)24-16-4-2-3-5-17(16)25-20)18(28)11-8-14-6-9-15(10-7-14)29-21(22)23/h2-11,21H,12-13H2,1H3. The molecule has 3 aromatic rings. The highest BCUT2D eigenvalue weighted by Gasteiger charge is 2.27. The van der Waals surface area contributed by atoms with Crippen LogP contribution < -0.4 is 14.5 Å². The Morgan fingerprint density at radius 3 is 2.34 bits per heavy atom. The molecule has 0 atom stereocenters. The predicted molar refractivity (Wildman–Crippen MR) is 107 cm³/mol. The maximum atomic E-state index is 12.8. The number of anilines is 2. The van der Waals surface area contributed by atoms with Crippen LogP contribution in [0.2, 0.25) is 0 Å². The van der Waals surface area contributed by atoms with Gasteiger partial charge in [0.25, 0.3) is 5.91 Å². The van der Waals surface area contributed by atoms with Gasteiger partial charge in [0, 0.05) is 26.2 Å². The first kappa shape index (κ1) is 18.8. The van der Waals surface area contributed by atoms with Gasteiger partial charge in [-0.2, -0.15) is 8.78 Å². The van der Waals surface area contributed by atoms with Gasteiger partial charge < -0.3 is 9.64 Å². The van der Waals surface area contributed by atoms with E-state index < -0.39 is 6.61 Å². The molecule has 29 heavy (non-hydrogen) atoms. The molecule has 8 heteroatoms. The molecule has 0 saturated carbocycles. The predicted octanol–water partition coefficient (Wildman–Crippen LogP) is 3.73. The second-order valence-corrected chi connectivity index (χ2v) is 6.55. The largest absolute Gasteiger partial charge is 0.435 e. The van der Waals surface area contributed by atoms with Gasteiger partial charge in [0.1, 0.15) is 5.75 Å². The van der Waals surface area contributed by atoms with Crippen molar-refractivity contribution in [2.45, 2.75) is 6.61 Å². The van der Waals surface area contributed by atoms with E-state index in [1.807, 2.05) is 36.2 Å². The van der Waals surface area contributed by atoms with Gasteiger partial charge in [-0.3, -0.25) is 9.69 Å². The fourth-order valence-corrected chi connectivity index (χ4v) is 3.11. The van der Waals surface area contributed by atoms with Gasteiger partial charge in [0.05, 0.1) is 11.0 Å². The van der Waals surface area contributed by atoms with Crippen molar-refractivity contribution in [3.05, 3.63) is 60.2 Å². The molecule has 0 spiro atoms. The van der Waals surface area contributed by atoms with E-state index in [0.29, 0.717) is 30.3 Å². The topological polar surface area (TPSA) is 58.6 Å². The number of halogens is 2. The van der Waals surface area contributed by atoms with Crippen molar-refractivity contribution in [3.8, 4) is 5.75 Å². The molecule has 2 heterocycles. The zero-order valence-corrected chi connectivity index (χ0v) is 15.6. The smallest absolute Gasteiger partial charge is 0.387 e. The molecular weight excluding hydrogens is 378 g/mol. The molecule has 0 radical (unpaired) electrons. The molecule has 0 aliphatic carbocycles. The lowest BCUT2D eigenvalue weighted by Gasteiger charge is -2.33. The van der Waals surface area contributed by atoms with E-state index in [1.54, 1.807) is 23.1 Å². The van der Waals surface area contributed by atoms with Crippen LogP contribution in [0.3, 0.4) is 0 Å². The Morgan fingerprint density at radius 1 is 1.03 bits per heavy atom. The number of fused-ring (bicyclic) bond motifs is 2. The molecule has 0 saturated heterocycles. The van der Waals surface area contributed by atoms with E-state index in [9.17, 15) is 13.6 Å². The Morgan fingerprint density at radius 2 is 1.69 bits per heavy atom. The molecule has 0 unspecified atom stereocenters. The maximum absolute atomic E-state index is 12.8. The second-order valence-electron chi connectivity index (χ2n) is 6.55. The third-order valence-electron chi connectivity index (χ3n) is 4.60. The van der Waals surface area contributed by atoms with Gasteiger partial charge in [-0.15, -0.1) is 0 Å². The summed E-state index contributed by atoms with van der Waals surface area (Å²) in [5.74, 6) is 1.02. The Bertz CT molecular complexity index is 1070. The molecule has 0 fully saturated rings. The zero-order chi connectivity index (χ0) is 20.4. The second kappa shape index (κ2) is 7.83. The van der Waals surface area contributed by atoms with Crippen LogP contribution in [0.1, 0.15) is 5.56 Å². The third kappa shape index (κ3) is 4.01. The van der Waals surface area contributed by atoms with E-state index >= 15 is 0 Å². The van der Waals surface area contributed by atoms with E-state index in [4.69, 9.17) is 0 Å². The van der Waals surface area contributed by atoms with Crippen molar-refractivity contribution in [2.75, 3.05) is 29.9 Å². The molecule has 2 aromatic carbocycles. The number of benzene rings is 2. The number of rotatable bonds is 4. The first-order valence-corrected chi connectivity index (χ1v) is 9.03. The number of para-hydroxylation sites is 2. The number of ether oxygens (including phenoxy) is 1. The van der Waals surface area contributed by atoms with Crippen LogP contribution >= 0.6 is 0 Å². The van der Waals surface area contributed by atoms with Crippen LogP contribution in [-0.2, 0) is 4.79 Å². The number of carbonyl (C=O) groups is 1. The van der Waals surface area contributed by atoms with Crippen LogP contribution in [0.15, 0.2) is 54.6 Å². The van der Waals surface area contributed by atoms with Gasteiger partial charge in [0.15, 0.2) is 11.6 Å². The van der Waals surface area contributed by atoms with Crippen LogP contribution in [0, 0.1) is 0 Å². The summed E-state index contributed by atoms with van der Waals surface area (Å²) in [6.07, 6.45) is 3.07. The number of hydrogen-bond acceptors (Lipinski definition) is 5. The third-order valence-corrected chi connectivity index (χ3v) is 4.60. The minimum absolute atomic E-state index is 0.0682. The maximum Gasteiger partial charge on any atom is 0.387 e. The lowest BCUT2D eigenvalue weighted by Crippen LogP contribution is -2.43. The lowest BCUT2D eigenvalue weighted by molar-refractivity contribution is -0.114. The normalized spacial score (nSPS) is 13.9. The summed E-state index contributed by atoms with van der Waals surface area (Å²) in [6, 6.07) is 13.6. The fraction of sp³-hybridized carbons (Fsp3) is 0.190. The van der Waals surface area contributed by atoms with Crippen LogP contribution in [0.4, 0.5) is 20.4 Å². The number of nitrogens with zero attached hydrogens (tertiary/aromatic N) is 4. The monoisotopic (exact) mass is 396 g/mol. The summed E-state index contributed by atoms with van der Waals surface area (Å²) in [5, 5.41) is 0. The van der Waals surface area contributed by atoms with Crippen LogP contribution in [0.25, 0.3) is 17.1 Å². The summed E-state index contributed by atoms with van der Waals surface area (Å²) in [7, 11) is 1.92. The van der Waals surface area contributed by atoms with Crippen molar-refractivity contribution < 1.29 is 18.3 Å². The molecule has 1 amide bonds. The minimum atomic E-state index is -2.87.